The Kier molecular flexibility index (Phi) is 36.9. The number of nitrogens with two attached hydrogens (primary N) is 3. The fourth-order valence-corrected chi connectivity index (χ4v) is 9.92. The van der Waals surface area contributed by atoms with Gasteiger partial charge in [0, 0.05) is 13.0 Å². The van der Waals surface area contributed by atoms with E-state index >= 15 is 0 Å². The van der Waals surface area contributed by atoms with Crippen molar-refractivity contribution in [3.8, 4) is 5.75 Å². The van der Waals surface area contributed by atoms with Gasteiger partial charge in [0.05, 0.1) is 44.8 Å². The van der Waals surface area contributed by atoms with Crippen molar-refractivity contribution in [2.75, 3.05) is 39.3 Å². The topological polar surface area (TPSA) is 530 Å². The summed E-state index contributed by atoms with van der Waals surface area (Å²) in [5.74, 6) is -7.80. The zero-order chi connectivity index (χ0) is 65.7. The highest BCUT2D eigenvalue weighted by Gasteiger charge is 2.39. The minimum absolute atomic E-state index is 0.00805. The zero-order valence-corrected chi connectivity index (χ0v) is 52.0. The van der Waals surface area contributed by atoms with Crippen LogP contribution in [0.15, 0.2) is 24.3 Å². The second kappa shape index (κ2) is 42.4. The van der Waals surface area contributed by atoms with Crippen LogP contribution in [-0.2, 0) is 59.2 Å². The summed E-state index contributed by atoms with van der Waals surface area (Å²) in [5, 5.41) is 40.6. The Balaban J connectivity index is 2.39. The molecule has 1 aromatic carbocycles. The highest BCUT2D eigenvalue weighted by atomic mass is 16.4. The van der Waals surface area contributed by atoms with Crippen LogP contribution in [0, 0.1) is 5.92 Å². The Labute approximate surface area is 515 Å². The maximum Gasteiger partial charge on any atom is 0.338 e. The minimum Gasteiger partial charge on any atom is -0.508 e. The van der Waals surface area contributed by atoms with Gasteiger partial charge in [-0.25, -0.2) is 0 Å². The third-order valence-electron chi connectivity index (χ3n) is 15.4. The van der Waals surface area contributed by atoms with E-state index in [9.17, 15) is 57.8 Å². The van der Waals surface area contributed by atoms with Gasteiger partial charge in [0.15, 0.2) is 0 Å². The van der Waals surface area contributed by atoms with Gasteiger partial charge in [0.2, 0.25) is 53.2 Å². The number of unbranched alkanes of at least 4 members (excludes halogenated alkanes) is 4. The summed E-state index contributed by atoms with van der Waals surface area (Å²) < 4.78 is 0. The van der Waals surface area contributed by atoms with Crippen molar-refractivity contribution in [3.05, 3.63) is 29.8 Å². The average Bonchev–Trinajstić information content (AvgIpc) is 4.08. The number of guanidine groups is 1. The molecule has 1 saturated heterocycles. The van der Waals surface area contributed by atoms with Gasteiger partial charge < -0.3 is 91.1 Å². The second-order valence-electron chi connectivity index (χ2n) is 22.7. The third-order valence-corrected chi connectivity index (χ3v) is 15.4. The highest BCUT2D eigenvalue weighted by molar-refractivity contribution is 5.98. The van der Waals surface area contributed by atoms with E-state index in [1.54, 1.807) is 26.0 Å². The van der Waals surface area contributed by atoms with Crippen LogP contribution < -0.4 is 87.7 Å². The number of quaternary nitrogens is 4. The lowest BCUT2D eigenvalue weighted by Crippen LogP contribution is -2.78. The Hall–Kier alpha value is -7.54. The molecule has 0 aliphatic carbocycles. The van der Waals surface area contributed by atoms with E-state index in [2.05, 4.69) is 70.5 Å². The van der Waals surface area contributed by atoms with Gasteiger partial charge in [0.1, 0.15) is 60.4 Å². The summed E-state index contributed by atoms with van der Waals surface area (Å²) in [6, 6.07) is -5.29. The number of carbonyl (C=O) groups is 11. The number of aldehydes is 1. The maximum absolute atomic E-state index is 14.5. The number of aromatic hydroxyl groups is 1. The van der Waals surface area contributed by atoms with Crippen LogP contribution >= 0.6 is 0 Å². The molecular weight excluding hydrogens is 1140 g/mol. The van der Waals surface area contributed by atoms with Crippen molar-refractivity contribution in [3.63, 3.8) is 0 Å². The second-order valence-corrected chi connectivity index (χ2v) is 22.7. The van der Waals surface area contributed by atoms with Crippen molar-refractivity contribution in [1.29, 1.82) is 0 Å². The molecule has 11 atom stereocenters. The number of carbonyl (C=O) groups excluding carboxylic acids is 10. The maximum atomic E-state index is 14.5. The number of nitrogens with zero attached hydrogens (tertiary/aromatic N) is 1. The number of nitrogens with one attached hydrogen (secondary N) is 9. The van der Waals surface area contributed by atoms with E-state index in [1.165, 1.54) is 24.0 Å². The number of carboxylic acids is 1. The van der Waals surface area contributed by atoms with Gasteiger partial charge in [0.25, 0.3) is 0 Å². The quantitative estimate of drug-likeness (QED) is 0.0125. The number of likely N-dealkylation sites (tertiary alicyclic amines) is 1. The molecule has 496 valence electrons. The lowest BCUT2D eigenvalue weighted by atomic mass is 9.97. The predicted octanol–water partition coefficient (Wildman–Crippen LogP) is -7.96. The Morgan fingerprint density at radius 2 is 1.06 bits per heavy atom. The van der Waals surface area contributed by atoms with Gasteiger partial charge in [-0.15, -0.1) is 0 Å². The van der Waals surface area contributed by atoms with Crippen LogP contribution in [-0.4, -0.2) is 186 Å². The normalized spacial score (nSPS) is 16.3. The van der Waals surface area contributed by atoms with Crippen LogP contribution in [0.5, 0.6) is 5.75 Å². The molecule has 30 nitrogen and oxygen atoms in total. The molecule has 0 unspecified atom stereocenters. The standard InChI is InChI=1S/C58H101N17O13/c1-4-35(2)48(56(87)68-38(34-76)23-26-47(78)79)74-54(85)45(19-13-31-66-58(64)65)69-49(80)36(3)67-50(81)41(15-5-9-27-59)70-51(82)42(16-6-10-28-60)71-52(83)43(17-7-11-29-61)72-53(84)44(18-8-12-30-62)73-55(86)46-20-14-32-75(46)57(88)40(63)33-37-21-24-39(77)25-22-37/h21-22,24-25,34-36,38,40-46,48,77H,4-20,23,26-33,59-63H2,1-3H3,(H,67,81)(H,68,87)(H,69,80)(H,70,82)(H,71,83)(H,72,84)(H,73,86)(H,74,85)(H,78,79)(H4,64,65,66)/p+5/t35-,36-,38-,40-,41-,42-,43-,44-,45-,46-,48-/m0/s1. The van der Waals surface area contributed by atoms with E-state index in [1.807, 2.05) is 0 Å². The van der Waals surface area contributed by atoms with Gasteiger partial charge in [-0.05, 0) is 146 Å². The van der Waals surface area contributed by atoms with Crippen molar-refractivity contribution in [2.24, 2.45) is 23.1 Å². The van der Waals surface area contributed by atoms with Crippen LogP contribution in [0.4, 0.5) is 0 Å². The number of hydrogen-bond donors (Lipinski definition) is 18. The van der Waals surface area contributed by atoms with Crippen LogP contribution in [0.25, 0.3) is 0 Å². The molecular formula is C58H106N17O13+5. The van der Waals surface area contributed by atoms with Crippen LogP contribution in [0.1, 0.15) is 148 Å². The van der Waals surface area contributed by atoms with Crippen molar-refractivity contribution < 1.29 is 90.9 Å². The van der Waals surface area contributed by atoms with Gasteiger partial charge in [-0.2, -0.15) is 0 Å². The van der Waals surface area contributed by atoms with Crippen LogP contribution in [0.3, 0.4) is 0 Å². The van der Waals surface area contributed by atoms with Gasteiger partial charge >= 0.3 is 11.9 Å². The third kappa shape index (κ3) is 28.5. The van der Waals surface area contributed by atoms with E-state index in [-0.39, 0.29) is 76.2 Å². The van der Waals surface area contributed by atoms with E-state index < -0.39 is 132 Å². The number of phenols is 1. The first-order valence-electron chi connectivity index (χ1n) is 31.2. The molecule has 1 aromatic rings. The first kappa shape index (κ1) is 76.6. The van der Waals surface area contributed by atoms with E-state index in [4.69, 9.17) is 22.3 Å². The highest BCUT2D eigenvalue weighted by Crippen LogP contribution is 2.21. The first-order chi connectivity index (χ1) is 41.9. The molecule has 1 fully saturated rings. The van der Waals surface area contributed by atoms with Crippen molar-refractivity contribution in [1.82, 2.24) is 47.4 Å². The summed E-state index contributed by atoms with van der Waals surface area (Å²) in [4.78, 5) is 154. The molecule has 0 saturated carbocycles. The number of benzene rings is 1. The number of phenolic OH excluding ortho intramolecular Hbond substituents is 1. The molecule has 88 heavy (non-hydrogen) atoms. The number of amides is 9. The molecule has 1 aliphatic heterocycles. The molecule has 29 N–H and O–H groups in total. The fraction of sp³-hybridized carbons (Fsp3) is 0.690. The van der Waals surface area contributed by atoms with E-state index in [0.29, 0.717) is 103 Å². The Morgan fingerprint density at radius 1 is 0.614 bits per heavy atom. The summed E-state index contributed by atoms with van der Waals surface area (Å²) >= 11 is 0. The Bertz CT molecular complexity index is 2420. The zero-order valence-electron chi connectivity index (χ0n) is 52.0. The lowest BCUT2D eigenvalue weighted by Gasteiger charge is -2.29. The summed E-state index contributed by atoms with van der Waals surface area (Å²) in [6.45, 7) is 7.45. The molecule has 0 aromatic heterocycles. The molecule has 0 radical (unpaired) electrons. The molecule has 9 amide bonds. The number of hydrogen-bond acceptors (Lipinski definition) is 13. The molecule has 0 spiro atoms. The monoisotopic (exact) mass is 1250 g/mol. The molecule has 1 heterocycles. The molecule has 1 aliphatic rings. The average molecular weight is 1250 g/mol. The fourth-order valence-electron chi connectivity index (χ4n) is 9.92. The smallest absolute Gasteiger partial charge is 0.338 e. The lowest BCUT2D eigenvalue weighted by molar-refractivity contribution is -0.459. The van der Waals surface area contributed by atoms with Crippen molar-refractivity contribution >= 4 is 71.4 Å². The largest absolute Gasteiger partial charge is 0.508 e. The van der Waals surface area contributed by atoms with E-state index in [0.717, 1.165) is 5.56 Å². The molecule has 0 bridgehead atoms. The van der Waals surface area contributed by atoms with Crippen LogP contribution in [0.2, 0.25) is 0 Å². The summed E-state index contributed by atoms with van der Waals surface area (Å²) in [7, 11) is 0. The summed E-state index contributed by atoms with van der Waals surface area (Å²) in [6.07, 6.45) is 6.26. The number of aliphatic carboxylic acids is 1. The SMILES string of the molecule is CC[C@H](C)[C@H](NC(=O)[C@H](CCC[NH+]=C(N)N)NC(=O)[C@H](C)NC(=O)[C@H](CCCC[NH3+])NC(=O)[C@H](CCCC[NH3+])NC(=O)[C@H](CCCC[NH3+])NC(=O)[C@H](CCCC[NH3+])NC(=O)[C@@H]1CCCN1C(=O)[C@@H](N)Cc1ccc(O)cc1)C(=O)N[C@H](C=O)CCC(=O)O. The molecule has 2 rings (SSSR count). The number of rotatable bonds is 45. The first-order valence-corrected chi connectivity index (χ1v) is 31.2. The predicted molar refractivity (Wildman–Crippen MR) is 323 cm³/mol. The number of carboxylic acid groups (broad SMARTS) is 1. The van der Waals surface area contributed by atoms with Crippen molar-refractivity contribution in [2.45, 2.75) is 210 Å². The van der Waals surface area contributed by atoms with Gasteiger partial charge in [-0.3, -0.25) is 64.4 Å². The molecule has 30 heteroatoms. The summed E-state index contributed by atoms with van der Waals surface area (Å²) in [5.41, 5.74) is 33.8. The van der Waals surface area contributed by atoms with Gasteiger partial charge in [-0.1, -0.05) is 32.4 Å². The Morgan fingerprint density at radius 3 is 1.50 bits per heavy atom. The minimum atomic E-state index is -1.31.